The van der Waals surface area contributed by atoms with Crippen molar-refractivity contribution in [3.63, 3.8) is 0 Å². The molecule has 1 amide bonds. The molecule has 11 nitrogen and oxygen atoms in total. The van der Waals surface area contributed by atoms with E-state index in [1.54, 1.807) is 69.3 Å². The number of benzene rings is 2. The minimum atomic E-state index is -4.60. The van der Waals surface area contributed by atoms with Crippen molar-refractivity contribution >= 4 is 58.4 Å². The molecule has 1 atom stereocenters. The van der Waals surface area contributed by atoms with Gasteiger partial charge < -0.3 is 4.74 Å². The number of ether oxygens (including phenoxy) is 1. The van der Waals surface area contributed by atoms with E-state index in [2.05, 4.69) is 36.8 Å². The molecule has 0 radical (unpaired) electrons. The molecule has 0 fully saturated rings. The zero-order chi connectivity index (χ0) is 32.2. The highest BCUT2D eigenvalue weighted by Gasteiger charge is 2.41. The van der Waals surface area contributed by atoms with Crippen LogP contribution in [0.1, 0.15) is 63.4 Å². The van der Waals surface area contributed by atoms with Gasteiger partial charge in [0.15, 0.2) is 0 Å². The largest absolute Gasteiger partial charge is 0.443 e. The number of aromatic nitrogens is 2. The molecule has 0 bridgehead atoms. The predicted octanol–water partition coefficient (Wildman–Crippen LogP) is 6.09. The van der Waals surface area contributed by atoms with Gasteiger partial charge in [0.05, 0.1) is 18.3 Å². The molecule has 2 aromatic carbocycles. The predicted molar refractivity (Wildman–Crippen MR) is 172 cm³/mol. The zero-order valence-corrected chi connectivity index (χ0v) is 29.7. The molecule has 15 heteroatoms. The van der Waals surface area contributed by atoms with Gasteiger partial charge in [0, 0.05) is 35.8 Å². The molecular formula is C28H37Br2N5O6S2. The summed E-state index contributed by atoms with van der Waals surface area (Å²) >= 11 is 6.79. The molecule has 0 spiro atoms. The average molecular weight is 764 g/mol. The second kappa shape index (κ2) is 14.2. The molecule has 43 heavy (non-hydrogen) atoms. The normalized spacial score (nSPS) is 13.3. The van der Waals surface area contributed by atoms with Crippen molar-refractivity contribution in [3.05, 3.63) is 86.8 Å². The quantitative estimate of drug-likeness (QED) is 0.219. The lowest BCUT2D eigenvalue weighted by molar-refractivity contribution is 0.0367. The van der Waals surface area contributed by atoms with E-state index in [-0.39, 0.29) is 18.8 Å². The third-order valence-corrected chi connectivity index (χ3v) is 10.7. The molecule has 0 aliphatic carbocycles. The van der Waals surface area contributed by atoms with Gasteiger partial charge >= 0.3 is 26.5 Å². The van der Waals surface area contributed by atoms with Gasteiger partial charge in [-0.1, -0.05) is 69.5 Å². The second-order valence-corrected chi connectivity index (χ2v) is 16.7. The van der Waals surface area contributed by atoms with Gasteiger partial charge in [0.1, 0.15) is 11.9 Å². The fourth-order valence-corrected chi connectivity index (χ4v) is 7.03. The Morgan fingerprint density at radius 2 is 1.44 bits per heavy atom. The summed E-state index contributed by atoms with van der Waals surface area (Å²) in [6.07, 6.45) is 2.27. The van der Waals surface area contributed by atoms with Crippen LogP contribution >= 0.6 is 31.9 Å². The topological polar surface area (TPSA) is 122 Å². The number of rotatable bonds is 12. The van der Waals surface area contributed by atoms with E-state index < -0.39 is 38.2 Å². The summed E-state index contributed by atoms with van der Waals surface area (Å²) in [6, 6.07) is 13.2. The number of carbonyl (C=O) groups excluding carboxylic acids is 1. The van der Waals surface area contributed by atoms with Crippen LogP contribution in [0.15, 0.2) is 70.0 Å². The smallest absolute Gasteiger partial charge is 0.425 e. The van der Waals surface area contributed by atoms with Crippen molar-refractivity contribution < 1.29 is 26.4 Å². The number of amides is 1. The van der Waals surface area contributed by atoms with E-state index in [9.17, 15) is 21.6 Å². The monoisotopic (exact) mass is 761 g/mol. The standard InChI is InChI=1S/C28H37Br2N5O6S2/c1-7-8-26(25-19-33(20-31-25)42(37,38)32(5)6)34(17-21-9-13-23(29)14-10-21)43(39,40)35(27(36)41-28(2,3)4)18-22-11-15-24(30)16-12-22/h9-16,19-20,26H,7-8,17-18H2,1-6H3. The van der Waals surface area contributed by atoms with Crippen LogP contribution in [0.5, 0.6) is 0 Å². The molecule has 0 N–H and O–H groups in total. The molecule has 1 unspecified atom stereocenters. The molecule has 3 aromatic rings. The lowest BCUT2D eigenvalue weighted by atomic mass is 10.1. The van der Waals surface area contributed by atoms with Gasteiger partial charge in [-0.05, 0) is 62.6 Å². The van der Waals surface area contributed by atoms with Crippen LogP contribution in [-0.4, -0.2) is 64.5 Å². The van der Waals surface area contributed by atoms with Crippen LogP contribution in [0.4, 0.5) is 4.79 Å². The van der Waals surface area contributed by atoms with E-state index in [0.717, 1.165) is 27.9 Å². The van der Waals surface area contributed by atoms with Crippen LogP contribution in [0.3, 0.4) is 0 Å². The molecule has 0 saturated heterocycles. The maximum atomic E-state index is 14.7. The van der Waals surface area contributed by atoms with Crippen molar-refractivity contribution in [2.45, 2.75) is 65.3 Å². The van der Waals surface area contributed by atoms with Crippen LogP contribution < -0.4 is 0 Å². The molecular weight excluding hydrogens is 726 g/mol. The van der Waals surface area contributed by atoms with E-state index in [1.165, 1.54) is 24.6 Å². The SMILES string of the molecule is CCCC(c1cn(S(=O)(=O)N(C)C)cn1)N(Cc1ccc(Br)cc1)S(=O)(=O)N(Cc1ccc(Br)cc1)C(=O)OC(C)(C)C. The Hall–Kier alpha value is -2.30. The molecule has 0 aliphatic rings. The van der Waals surface area contributed by atoms with Gasteiger partial charge in [0.25, 0.3) is 0 Å². The Labute approximate surface area is 271 Å². The maximum absolute atomic E-state index is 14.7. The van der Waals surface area contributed by atoms with Gasteiger partial charge in [0.2, 0.25) is 0 Å². The van der Waals surface area contributed by atoms with E-state index >= 15 is 0 Å². The Bertz CT molecular complexity index is 1600. The highest BCUT2D eigenvalue weighted by molar-refractivity contribution is 9.10. The average Bonchev–Trinajstić information content (AvgIpc) is 3.41. The van der Waals surface area contributed by atoms with Crippen molar-refractivity contribution in [3.8, 4) is 0 Å². The minimum Gasteiger partial charge on any atom is -0.443 e. The second-order valence-electron chi connectivity index (χ2n) is 11.0. The third-order valence-electron chi connectivity index (χ3n) is 6.22. The Balaban J connectivity index is 2.20. The van der Waals surface area contributed by atoms with E-state index in [1.807, 2.05) is 6.92 Å². The van der Waals surface area contributed by atoms with Gasteiger partial charge in [-0.25, -0.2) is 13.8 Å². The summed E-state index contributed by atoms with van der Waals surface area (Å²) in [5.41, 5.74) is 0.472. The van der Waals surface area contributed by atoms with Crippen molar-refractivity contribution in [2.75, 3.05) is 14.1 Å². The summed E-state index contributed by atoms with van der Waals surface area (Å²) in [7, 11) is -5.72. The molecule has 1 aromatic heterocycles. The Kier molecular flexibility index (Phi) is 11.6. The summed E-state index contributed by atoms with van der Waals surface area (Å²) in [6.45, 7) is 6.46. The van der Waals surface area contributed by atoms with Gasteiger partial charge in [-0.15, -0.1) is 0 Å². The number of hydrogen-bond acceptors (Lipinski definition) is 7. The van der Waals surface area contributed by atoms with Gasteiger partial charge in [-0.2, -0.15) is 29.8 Å². The fraction of sp³-hybridized carbons (Fsp3) is 0.429. The summed E-state index contributed by atoms with van der Waals surface area (Å²) in [5, 5.41) is 0. The van der Waals surface area contributed by atoms with Crippen LogP contribution in [0, 0.1) is 0 Å². The first-order chi connectivity index (χ1) is 20.0. The lowest BCUT2D eigenvalue weighted by Gasteiger charge is -2.35. The summed E-state index contributed by atoms with van der Waals surface area (Å²) < 4.78 is 66.1. The lowest BCUT2D eigenvalue weighted by Crippen LogP contribution is -2.49. The van der Waals surface area contributed by atoms with Crippen LogP contribution in [-0.2, 0) is 38.2 Å². The van der Waals surface area contributed by atoms with Crippen molar-refractivity contribution in [1.82, 2.24) is 21.9 Å². The van der Waals surface area contributed by atoms with Crippen molar-refractivity contribution in [2.24, 2.45) is 0 Å². The number of imidazole rings is 1. The van der Waals surface area contributed by atoms with E-state index in [4.69, 9.17) is 4.74 Å². The molecule has 236 valence electrons. The molecule has 0 aliphatic heterocycles. The summed E-state index contributed by atoms with van der Waals surface area (Å²) in [5.74, 6) is 0. The van der Waals surface area contributed by atoms with Crippen LogP contribution in [0.2, 0.25) is 0 Å². The number of carbonyl (C=O) groups is 1. The van der Waals surface area contributed by atoms with Crippen LogP contribution in [0.25, 0.3) is 0 Å². The first-order valence-electron chi connectivity index (χ1n) is 13.4. The van der Waals surface area contributed by atoms with Gasteiger partial charge in [-0.3, -0.25) is 0 Å². The number of halogens is 2. The fourth-order valence-electron chi connectivity index (χ4n) is 4.08. The Morgan fingerprint density at radius 1 is 0.930 bits per heavy atom. The highest BCUT2D eigenvalue weighted by atomic mass is 79.9. The summed E-state index contributed by atoms with van der Waals surface area (Å²) in [4.78, 5) is 17.9. The first kappa shape index (κ1) is 35.2. The van der Waals surface area contributed by atoms with Crippen molar-refractivity contribution in [1.29, 1.82) is 0 Å². The number of nitrogens with zero attached hydrogens (tertiary/aromatic N) is 5. The zero-order valence-electron chi connectivity index (χ0n) is 24.9. The molecule has 1 heterocycles. The highest BCUT2D eigenvalue weighted by Crippen LogP contribution is 2.33. The number of hydrogen-bond donors (Lipinski definition) is 0. The third kappa shape index (κ3) is 9.11. The van der Waals surface area contributed by atoms with E-state index in [0.29, 0.717) is 24.0 Å². The molecule has 0 saturated carbocycles. The Morgan fingerprint density at radius 3 is 1.91 bits per heavy atom. The first-order valence-corrected chi connectivity index (χ1v) is 17.8. The minimum absolute atomic E-state index is 0.118. The molecule has 3 rings (SSSR count). The maximum Gasteiger partial charge on any atom is 0.425 e.